The first-order valence-corrected chi connectivity index (χ1v) is 12.7. The molecule has 4 heterocycles. The van der Waals surface area contributed by atoms with E-state index in [1.54, 1.807) is 19.2 Å². The highest BCUT2D eigenvalue weighted by Gasteiger charge is 2.59. The van der Waals surface area contributed by atoms with E-state index in [-0.39, 0.29) is 18.4 Å². The minimum atomic E-state index is -2.71. The third kappa shape index (κ3) is 4.22. The largest absolute Gasteiger partial charge is 0.379 e. The Morgan fingerprint density at radius 2 is 2.03 bits per heavy atom. The number of rotatable bonds is 5. The molecule has 1 saturated carbocycles. The molecule has 6 rings (SSSR count). The Hall–Kier alpha value is -2.43. The average molecular weight is 521 g/mol. The van der Waals surface area contributed by atoms with E-state index in [1.807, 2.05) is 6.07 Å². The van der Waals surface area contributed by atoms with Gasteiger partial charge in [0.05, 0.1) is 36.3 Å². The number of benzene rings is 1. The predicted octanol–water partition coefficient (Wildman–Crippen LogP) is 5.27. The van der Waals surface area contributed by atoms with Crippen LogP contribution in [0.3, 0.4) is 0 Å². The number of alkyl halides is 3. The fraction of sp³-hybridized carbons (Fsp3) is 0.560. The van der Waals surface area contributed by atoms with Crippen LogP contribution in [0.15, 0.2) is 24.5 Å². The first kappa shape index (κ1) is 23.9. The van der Waals surface area contributed by atoms with Crippen LogP contribution in [0.4, 0.5) is 24.8 Å². The van der Waals surface area contributed by atoms with Gasteiger partial charge in [-0.2, -0.15) is 5.10 Å². The van der Waals surface area contributed by atoms with Crippen molar-refractivity contribution >= 4 is 34.1 Å². The molecule has 0 radical (unpaired) electrons. The van der Waals surface area contributed by atoms with Crippen LogP contribution in [0.25, 0.3) is 10.9 Å². The van der Waals surface area contributed by atoms with Gasteiger partial charge >= 0.3 is 0 Å². The van der Waals surface area contributed by atoms with Crippen molar-refractivity contribution in [1.29, 1.82) is 0 Å². The van der Waals surface area contributed by atoms with Crippen LogP contribution in [0.2, 0.25) is 5.02 Å². The minimum absolute atomic E-state index is 0.201. The highest BCUT2D eigenvalue weighted by molar-refractivity contribution is 6.32. The zero-order valence-electron chi connectivity index (χ0n) is 20.1. The summed E-state index contributed by atoms with van der Waals surface area (Å²) in [5.41, 5.74) is 2.54. The Bertz CT molecular complexity index is 1300. The number of nitrogens with one attached hydrogen (secondary N) is 1. The van der Waals surface area contributed by atoms with Gasteiger partial charge in [-0.25, -0.2) is 23.1 Å². The number of aromatic nitrogens is 4. The summed E-state index contributed by atoms with van der Waals surface area (Å²) in [6.45, 7) is 6.41. The van der Waals surface area contributed by atoms with E-state index in [9.17, 15) is 8.78 Å². The van der Waals surface area contributed by atoms with Crippen LogP contribution in [0.5, 0.6) is 0 Å². The van der Waals surface area contributed by atoms with E-state index >= 15 is 4.39 Å². The second-order valence-electron chi connectivity index (χ2n) is 10.3. The van der Waals surface area contributed by atoms with E-state index < -0.39 is 18.1 Å². The molecule has 1 aromatic carbocycles. The monoisotopic (exact) mass is 520 g/mol. The van der Waals surface area contributed by atoms with Crippen LogP contribution in [0.1, 0.15) is 43.0 Å². The molecule has 2 aliphatic heterocycles. The van der Waals surface area contributed by atoms with Gasteiger partial charge in [0.25, 0.3) is 5.92 Å². The maximum atomic E-state index is 15.4. The van der Waals surface area contributed by atoms with Crippen molar-refractivity contribution < 1.29 is 17.9 Å². The summed E-state index contributed by atoms with van der Waals surface area (Å²) >= 11 is 6.60. The summed E-state index contributed by atoms with van der Waals surface area (Å²) in [5.74, 6) is -2.32. The van der Waals surface area contributed by atoms with Crippen molar-refractivity contribution in [2.24, 2.45) is 5.92 Å². The molecule has 1 aliphatic carbocycles. The smallest absolute Gasteiger partial charge is 0.272 e. The molecular weight excluding hydrogens is 493 g/mol. The van der Waals surface area contributed by atoms with Crippen LogP contribution < -0.4 is 5.32 Å². The fourth-order valence-corrected chi connectivity index (χ4v) is 5.86. The summed E-state index contributed by atoms with van der Waals surface area (Å²) < 4.78 is 49.3. The zero-order valence-corrected chi connectivity index (χ0v) is 20.9. The highest BCUT2D eigenvalue weighted by Crippen LogP contribution is 2.53. The van der Waals surface area contributed by atoms with E-state index in [2.05, 4.69) is 32.2 Å². The number of likely N-dealkylation sites (tertiary alicyclic amines) is 1. The van der Waals surface area contributed by atoms with Crippen LogP contribution in [0, 0.1) is 12.8 Å². The van der Waals surface area contributed by atoms with Gasteiger partial charge in [0, 0.05) is 41.5 Å². The Morgan fingerprint density at radius 3 is 2.72 bits per heavy atom. The Balaban J connectivity index is 1.22. The number of halogens is 4. The number of nitrogens with zero attached hydrogens (tertiary/aromatic N) is 5. The normalized spacial score (nSPS) is 30.1. The lowest BCUT2D eigenvalue weighted by Gasteiger charge is -2.39. The molecule has 3 aliphatic rings. The third-order valence-electron chi connectivity index (χ3n) is 7.85. The van der Waals surface area contributed by atoms with Gasteiger partial charge < -0.3 is 10.1 Å². The van der Waals surface area contributed by atoms with Crippen molar-refractivity contribution in [2.45, 2.75) is 56.8 Å². The lowest BCUT2D eigenvalue weighted by molar-refractivity contribution is 0.0659. The zero-order chi connectivity index (χ0) is 25.2. The van der Waals surface area contributed by atoms with Gasteiger partial charge in [0.15, 0.2) is 0 Å². The van der Waals surface area contributed by atoms with Gasteiger partial charge in [-0.15, -0.1) is 0 Å². The number of fused-ring (bicyclic) bond motifs is 1. The van der Waals surface area contributed by atoms with Gasteiger partial charge in [-0.1, -0.05) is 18.5 Å². The predicted molar refractivity (Wildman–Crippen MR) is 131 cm³/mol. The van der Waals surface area contributed by atoms with Crippen LogP contribution >= 0.6 is 11.6 Å². The second-order valence-corrected chi connectivity index (χ2v) is 10.7. The van der Waals surface area contributed by atoms with E-state index in [0.717, 1.165) is 24.1 Å². The fourth-order valence-electron chi connectivity index (χ4n) is 5.55. The molecular formula is C25H28ClF3N6O. The number of hydrogen-bond acceptors (Lipinski definition) is 6. The molecule has 0 bridgehead atoms. The molecule has 5 atom stereocenters. The quantitative estimate of drug-likeness (QED) is 0.494. The third-order valence-corrected chi connectivity index (χ3v) is 8.17. The van der Waals surface area contributed by atoms with Crippen molar-refractivity contribution in [1.82, 2.24) is 24.6 Å². The summed E-state index contributed by atoms with van der Waals surface area (Å²) in [6.07, 6.45) is 2.56. The van der Waals surface area contributed by atoms with E-state index in [1.165, 1.54) is 10.9 Å². The summed E-state index contributed by atoms with van der Waals surface area (Å²) in [6, 6.07) is 2.98. The summed E-state index contributed by atoms with van der Waals surface area (Å²) in [5, 5.41) is 8.44. The molecule has 2 saturated heterocycles. The van der Waals surface area contributed by atoms with Crippen LogP contribution in [-0.4, -0.2) is 69.1 Å². The molecule has 3 aromatic rings. The molecule has 1 N–H and O–H groups in total. The summed E-state index contributed by atoms with van der Waals surface area (Å²) in [7, 11) is 0. The minimum Gasteiger partial charge on any atom is -0.379 e. The Labute approximate surface area is 212 Å². The molecule has 0 amide bonds. The van der Waals surface area contributed by atoms with Gasteiger partial charge in [0.1, 0.15) is 12.2 Å². The number of hydrogen-bond donors (Lipinski definition) is 1. The Morgan fingerprint density at radius 1 is 1.22 bits per heavy atom. The highest BCUT2D eigenvalue weighted by atomic mass is 35.5. The maximum Gasteiger partial charge on any atom is 0.272 e. The Kier molecular flexibility index (Phi) is 5.88. The van der Waals surface area contributed by atoms with E-state index in [0.29, 0.717) is 53.4 Å². The SMILES string of the molecule is Cc1c(Nc2ncc3cc(Cl)c([C@@H]4CCN([C@H]5COC[C@H]5C)C[C@H]4F)cc3n2)cnn1C1CC1(F)F. The lowest BCUT2D eigenvalue weighted by atomic mass is 9.86. The number of anilines is 2. The average Bonchev–Trinajstić information content (AvgIpc) is 3.12. The second kappa shape index (κ2) is 8.85. The molecule has 192 valence electrons. The maximum absolute atomic E-state index is 15.4. The van der Waals surface area contributed by atoms with Crippen molar-refractivity contribution in [2.75, 3.05) is 31.6 Å². The topological polar surface area (TPSA) is 68.1 Å². The van der Waals surface area contributed by atoms with Gasteiger partial charge in [-0.05, 0) is 43.5 Å². The van der Waals surface area contributed by atoms with Crippen molar-refractivity contribution in [3.8, 4) is 0 Å². The molecule has 36 heavy (non-hydrogen) atoms. The first-order chi connectivity index (χ1) is 17.2. The molecule has 0 spiro atoms. The lowest BCUT2D eigenvalue weighted by Crippen LogP contribution is -2.48. The van der Waals surface area contributed by atoms with Gasteiger partial charge in [0.2, 0.25) is 5.95 Å². The standard InChI is InChI=1S/C25H28ClF3N6O/c1-13-11-36-12-22(13)34-4-3-16(19(27)10-34)17-6-20-15(5-18(17)26)8-30-24(32-20)33-21-9-31-35(14(21)2)23-7-25(23,28)29/h5-6,8-9,13,16,19,22-23H,3-4,7,10-12H2,1-2H3,(H,30,32,33)/t13-,16+,19-,22+,23?/m1/s1. The van der Waals surface area contributed by atoms with Gasteiger partial charge in [-0.3, -0.25) is 9.58 Å². The first-order valence-electron chi connectivity index (χ1n) is 12.3. The number of ether oxygens (including phenoxy) is 1. The summed E-state index contributed by atoms with van der Waals surface area (Å²) in [4.78, 5) is 11.2. The molecule has 1 unspecified atom stereocenters. The van der Waals surface area contributed by atoms with Crippen molar-refractivity contribution in [3.63, 3.8) is 0 Å². The molecule has 11 heteroatoms. The van der Waals surface area contributed by atoms with Crippen LogP contribution in [-0.2, 0) is 4.74 Å². The van der Waals surface area contributed by atoms with E-state index in [4.69, 9.17) is 16.3 Å². The molecule has 3 fully saturated rings. The molecule has 7 nitrogen and oxygen atoms in total. The number of piperidine rings is 1. The van der Waals surface area contributed by atoms with Crippen molar-refractivity contribution in [3.05, 3.63) is 40.8 Å². The molecule has 2 aromatic heterocycles.